The van der Waals surface area contributed by atoms with Crippen LogP contribution < -0.4 is 0 Å². The molecule has 2 heteroatoms. The van der Waals surface area contributed by atoms with Gasteiger partial charge in [0.2, 0.25) is 0 Å². The third kappa shape index (κ3) is 4.27. The maximum atomic E-state index is 6.36. The van der Waals surface area contributed by atoms with Gasteiger partial charge in [-0.1, -0.05) is 27.2 Å². The third-order valence-corrected chi connectivity index (χ3v) is 4.48. The van der Waals surface area contributed by atoms with E-state index in [9.17, 15) is 0 Å². The van der Waals surface area contributed by atoms with Gasteiger partial charge in [0.15, 0.2) is 8.32 Å². The molecule has 0 aromatic carbocycles. The van der Waals surface area contributed by atoms with Gasteiger partial charge < -0.3 is 4.43 Å². The Morgan fingerprint density at radius 2 is 1.73 bits per heavy atom. The molecule has 1 nitrogen and oxygen atoms in total. The highest BCUT2D eigenvalue weighted by atomic mass is 28.4. The molecule has 3 unspecified atom stereocenters. The van der Waals surface area contributed by atoms with Crippen molar-refractivity contribution >= 4 is 8.32 Å². The van der Waals surface area contributed by atoms with Crippen molar-refractivity contribution in [3.63, 3.8) is 0 Å². The van der Waals surface area contributed by atoms with E-state index in [1.165, 1.54) is 19.3 Å². The van der Waals surface area contributed by atoms with E-state index >= 15 is 0 Å². The summed E-state index contributed by atoms with van der Waals surface area (Å²) in [5, 5.41) is 0. The minimum Gasteiger partial charge on any atom is -0.414 e. The van der Waals surface area contributed by atoms with Crippen LogP contribution in [-0.2, 0) is 4.43 Å². The van der Waals surface area contributed by atoms with Gasteiger partial charge in [0, 0.05) is 6.10 Å². The number of rotatable bonds is 3. The fraction of sp³-hybridized carbons (Fsp3) is 1.00. The van der Waals surface area contributed by atoms with Crippen LogP contribution in [0, 0.1) is 17.8 Å². The second-order valence-electron chi connectivity index (χ2n) is 6.59. The Bertz CT molecular complexity index is 195. The average Bonchev–Trinajstić information content (AvgIpc) is 1.99. The SMILES string of the molecule is CC1CCC(C(C)C)C(O[Si](C)(C)C)C1. The summed E-state index contributed by atoms with van der Waals surface area (Å²) in [6.07, 6.45) is 4.59. The Hall–Kier alpha value is 0.177. The maximum Gasteiger partial charge on any atom is 0.184 e. The zero-order valence-corrected chi connectivity index (χ0v) is 12.3. The second-order valence-corrected chi connectivity index (χ2v) is 11.1. The van der Waals surface area contributed by atoms with Crippen LogP contribution >= 0.6 is 0 Å². The minimum absolute atomic E-state index is 0.542. The lowest BCUT2D eigenvalue weighted by Crippen LogP contribution is -2.41. The van der Waals surface area contributed by atoms with Crippen molar-refractivity contribution in [1.82, 2.24) is 0 Å². The molecule has 0 amide bonds. The van der Waals surface area contributed by atoms with E-state index in [0.717, 1.165) is 17.8 Å². The van der Waals surface area contributed by atoms with E-state index in [0.29, 0.717) is 6.10 Å². The molecule has 0 radical (unpaired) electrons. The van der Waals surface area contributed by atoms with Gasteiger partial charge in [-0.2, -0.15) is 0 Å². The molecule has 0 aromatic rings. The molecule has 0 saturated heterocycles. The van der Waals surface area contributed by atoms with Gasteiger partial charge in [0.25, 0.3) is 0 Å². The Balaban J connectivity index is 2.62. The Labute approximate surface area is 96.7 Å². The standard InChI is InChI=1S/C13H28OSi/c1-10(2)12-8-7-11(3)9-13(12)14-15(4,5)6/h10-13H,7-9H2,1-6H3. The van der Waals surface area contributed by atoms with Crippen molar-refractivity contribution in [2.45, 2.75) is 65.8 Å². The van der Waals surface area contributed by atoms with Gasteiger partial charge in [-0.15, -0.1) is 0 Å². The Kier molecular flexibility index (Phi) is 4.42. The van der Waals surface area contributed by atoms with Gasteiger partial charge in [-0.25, -0.2) is 0 Å². The van der Waals surface area contributed by atoms with Crippen molar-refractivity contribution in [2.75, 3.05) is 0 Å². The van der Waals surface area contributed by atoms with E-state index in [4.69, 9.17) is 4.43 Å². The fourth-order valence-electron chi connectivity index (χ4n) is 2.70. The van der Waals surface area contributed by atoms with E-state index in [1.54, 1.807) is 0 Å². The zero-order valence-electron chi connectivity index (χ0n) is 11.3. The van der Waals surface area contributed by atoms with Crippen LogP contribution in [0.3, 0.4) is 0 Å². The van der Waals surface area contributed by atoms with Crippen LogP contribution in [0.5, 0.6) is 0 Å². The van der Waals surface area contributed by atoms with Crippen LogP contribution in [0.4, 0.5) is 0 Å². The third-order valence-electron chi connectivity index (χ3n) is 3.47. The summed E-state index contributed by atoms with van der Waals surface area (Å²) in [5.41, 5.74) is 0. The first-order valence-corrected chi connectivity index (χ1v) is 9.88. The highest BCUT2D eigenvalue weighted by molar-refractivity contribution is 6.69. The lowest BCUT2D eigenvalue weighted by atomic mass is 9.75. The molecular weight excluding hydrogens is 200 g/mol. The molecule has 15 heavy (non-hydrogen) atoms. The summed E-state index contributed by atoms with van der Waals surface area (Å²) in [7, 11) is -1.36. The van der Waals surface area contributed by atoms with E-state index in [-0.39, 0.29) is 0 Å². The van der Waals surface area contributed by atoms with Gasteiger partial charge >= 0.3 is 0 Å². The Morgan fingerprint density at radius 1 is 1.13 bits per heavy atom. The summed E-state index contributed by atoms with van der Waals surface area (Å²) < 4.78 is 6.36. The molecule has 1 rings (SSSR count). The molecule has 0 N–H and O–H groups in total. The normalized spacial score (nSPS) is 33.4. The Morgan fingerprint density at radius 3 is 2.20 bits per heavy atom. The van der Waals surface area contributed by atoms with Crippen molar-refractivity contribution < 1.29 is 4.43 Å². The van der Waals surface area contributed by atoms with Crippen LogP contribution in [0.15, 0.2) is 0 Å². The first-order valence-electron chi connectivity index (χ1n) is 6.47. The summed E-state index contributed by atoms with van der Waals surface area (Å²) in [4.78, 5) is 0. The first-order chi connectivity index (χ1) is 6.79. The molecule has 1 fully saturated rings. The molecule has 1 saturated carbocycles. The lowest BCUT2D eigenvalue weighted by molar-refractivity contribution is 0.0404. The van der Waals surface area contributed by atoms with Crippen LogP contribution in [0.1, 0.15) is 40.0 Å². The van der Waals surface area contributed by atoms with E-state index in [2.05, 4.69) is 40.4 Å². The molecule has 90 valence electrons. The predicted molar refractivity (Wildman–Crippen MR) is 69.6 cm³/mol. The molecule has 0 heterocycles. The molecule has 0 aromatic heterocycles. The van der Waals surface area contributed by atoms with Crippen molar-refractivity contribution in [2.24, 2.45) is 17.8 Å². The first kappa shape index (κ1) is 13.2. The van der Waals surface area contributed by atoms with E-state index < -0.39 is 8.32 Å². The maximum absolute atomic E-state index is 6.36. The van der Waals surface area contributed by atoms with Crippen molar-refractivity contribution in [3.05, 3.63) is 0 Å². The van der Waals surface area contributed by atoms with Gasteiger partial charge in [-0.05, 0) is 50.2 Å². The number of hydrogen-bond donors (Lipinski definition) is 0. The minimum atomic E-state index is -1.36. The monoisotopic (exact) mass is 228 g/mol. The highest BCUT2D eigenvalue weighted by Crippen LogP contribution is 2.36. The predicted octanol–water partition coefficient (Wildman–Crippen LogP) is 4.30. The van der Waals surface area contributed by atoms with Crippen LogP contribution in [0.2, 0.25) is 19.6 Å². The van der Waals surface area contributed by atoms with Gasteiger partial charge in [0.1, 0.15) is 0 Å². The molecule has 0 spiro atoms. The lowest BCUT2D eigenvalue weighted by Gasteiger charge is -2.40. The summed E-state index contributed by atoms with van der Waals surface area (Å²) in [6.45, 7) is 14.0. The molecule has 0 bridgehead atoms. The molecule has 3 atom stereocenters. The van der Waals surface area contributed by atoms with Gasteiger partial charge in [-0.3, -0.25) is 0 Å². The molecule has 1 aliphatic rings. The summed E-state index contributed by atoms with van der Waals surface area (Å²) in [5.74, 6) is 2.44. The molecule has 0 aliphatic heterocycles. The van der Waals surface area contributed by atoms with Crippen LogP contribution in [-0.4, -0.2) is 14.4 Å². The van der Waals surface area contributed by atoms with Crippen molar-refractivity contribution in [3.8, 4) is 0 Å². The van der Waals surface area contributed by atoms with Crippen LogP contribution in [0.25, 0.3) is 0 Å². The topological polar surface area (TPSA) is 9.23 Å². The average molecular weight is 228 g/mol. The number of hydrogen-bond acceptors (Lipinski definition) is 1. The summed E-state index contributed by atoms with van der Waals surface area (Å²) >= 11 is 0. The zero-order chi connectivity index (χ0) is 11.6. The summed E-state index contributed by atoms with van der Waals surface area (Å²) in [6, 6.07) is 0. The van der Waals surface area contributed by atoms with Crippen molar-refractivity contribution in [1.29, 1.82) is 0 Å². The fourth-order valence-corrected chi connectivity index (χ4v) is 3.88. The highest BCUT2D eigenvalue weighted by Gasteiger charge is 2.34. The molecular formula is C13H28OSi. The van der Waals surface area contributed by atoms with Gasteiger partial charge in [0.05, 0.1) is 0 Å². The second kappa shape index (κ2) is 5.01. The molecule has 1 aliphatic carbocycles. The largest absolute Gasteiger partial charge is 0.414 e. The quantitative estimate of drug-likeness (QED) is 0.655. The smallest absolute Gasteiger partial charge is 0.184 e. The van der Waals surface area contributed by atoms with E-state index in [1.807, 2.05) is 0 Å².